The Morgan fingerprint density at radius 2 is 1.59 bits per heavy atom. The van der Waals surface area contributed by atoms with E-state index in [9.17, 15) is 34.5 Å². The van der Waals surface area contributed by atoms with E-state index in [0.717, 1.165) is 0 Å². The molecule has 2 aliphatic carbocycles. The summed E-state index contributed by atoms with van der Waals surface area (Å²) in [5.74, 6) is -4.62. The second kappa shape index (κ2) is 8.32. The summed E-state index contributed by atoms with van der Waals surface area (Å²) in [4.78, 5) is 52.2. The van der Waals surface area contributed by atoms with Crippen molar-refractivity contribution in [1.29, 1.82) is 0 Å². The Morgan fingerprint density at radius 3 is 2.28 bits per heavy atom. The van der Waals surface area contributed by atoms with Crippen LogP contribution in [-0.4, -0.2) is 52.0 Å². The molecule has 1 heterocycles. The van der Waals surface area contributed by atoms with Crippen molar-refractivity contribution in [3.8, 4) is 34.1 Å². The second-order valence-corrected chi connectivity index (χ2v) is 9.79. The number of benzene rings is 3. The predicted molar refractivity (Wildman–Crippen MR) is 134 cm³/mol. The monoisotopic (exact) mass is 530 g/mol. The van der Waals surface area contributed by atoms with E-state index in [2.05, 4.69) is 0 Å². The number of aromatic hydroxyl groups is 3. The summed E-state index contributed by atoms with van der Waals surface area (Å²) >= 11 is 0. The minimum Gasteiger partial charge on any atom is -0.507 e. The molecule has 0 fully saturated rings. The Kier molecular flexibility index (Phi) is 5.22. The van der Waals surface area contributed by atoms with Crippen molar-refractivity contribution in [3.63, 3.8) is 0 Å². The third kappa shape index (κ3) is 3.27. The van der Waals surface area contributed by atoms with Gasteiger partial charge >= 0.3 is 11.9 Å². The summed E-state index contributed by atoms with van der Waals surface area (Å²) in [7, 11) is 1.25. The van der Waals surface area contributed by atoms with Gasteiger partial charge in [0.1, 0.15) is 40.8 Å². The van der Waals surface area contributed by atoms with Gasteiger partial charge in [0, 0.05) is 42.0 Å². The molecule has 0 saturated carbocycles. The van der Waals surface area contributed by atoms with E-state index in [1.54, 1.807) is 13.0 Å². The summed E-state index contributed by atoms with van der Waals surface area (Å²) in [5.41, 5.74) is -0.172. The molecule has 0 radical (unpaired) electrons. The third-order valence-corrected chi connectivity index (χ3v) is 7.41. The van der Waals surface area contributed by atoms with E-state index in [1.807, 2.05) is 0 Å². The Labute approximate surface area is 221 Å². The van der Waals surface area contributed by atoms with Gasteiger partial charge in [-0.05, 0) is 24.1 Å². The van der Waals surface area contributed by atoms with Crippen LogP contribution in [-0.2, 0) is 27.1 Å². The van der Waals surface area contributed by atoms with Gasteiger partial charge in [-0.25, -0.2) is 4.79 Å². The van der Waals surface area contributed by atoms with Crippen molar-refractivity contribution in [3.05, 3.63) is 68.8 Å². The van der Waals surface area contributed by atoms with Crippen LogP contribution < -0.4 is 4.74 Å². The van der Waals surface area contributed by atoms with Crippen molar-refractivity contribution in [2.75, 3.05) is 7.11 Å². The molecular weight excluding hydrogens is 508 g/mol. The molecule has 1 aliphatic heterocycles. The van der Waals surface area contributed by atoms with Crippen molar-refractivity contribution in [1.82, 2.24) is 0 Å². The van der Waals surface area contributed by atoms with Gasteiger partial charge in [-0.3, -0.25) is 14.4 Å². The number of hydrogen-bond donors (Lipinski definition) is 3. The van der Waals surface area contributed by atoms with Crippen LogP contribution in [0.15, 0.2) is 24.3 Å². The van der Waals surface area contributed by atoms with Crippen molar-refractivity contribution in [2.45, 2.75) is 38.9 Å². The van der Waals surface area contributed by atoms with Crippen molar-refractivity contribution < 1.29 is 48.7 Å². The number of phenols is 3. The first-order valence-electron chi connectivity index (χ1n) is 12.2. The summed E-state index contributed by atoms with van der Waals surface area (Å²) < 4.78 is 16.5. The Bertz CT molecular complexity index is 1680. The van der Waals surface area contributed by atoms with Gasteiger partial charge in [0.2, 0.25) is 5.78 Å². The molecule has 6 rings (SSSR count). The number of fused-ring (bicyclic) bond motifs is 6. The number of phenolic OH excluding ortho intramolecular Hbond substituents is 3. The van der Waals surface area contributed by atoms with E-state index in [0.29, 0.717) is 17.5 Å². The normalized spacial score (nSPS) is 18.7. The number of esters is 2. The fourth-order valence-corrected chi connectivity index (χ4v) is 5.98. The number of methoxy groups -OCH3 is 1. The lowest BCUT2D eigenvalue weighted by Crippen LogP contribution is -2.28. The summed E-state index contributed by atoms with van der Waals surface area (Å²) in [6.45, 7) is 2.92. The zero-order valence-corrected chi connectivity index (χ0v) is 21.1. The molecule has 10 heteroatoms. The predicted octanol–water partition coefficient (Wildman–Crippen LogP) is 3.52. The molecule has 3 aromatic rings. The lowest BCUT2D eigenvalue weighted by atomic mass is 9.74. The summed E-state index contributed by atoms with van der Waals surface area (Å²) in [6, 6.07) is 5.70. The van der Waals surface area contributed by atoms with Gasteiger partial charge < -0.3 is 29.5 Å². The largest absolute Gasteiger partial charge is 0.507 e. The molecule has 0 bridgehead atoms. The topological polar surface area (TPSA) is 157 Å². The number of carbonyl (C=O) groups excluding carboxylic acids is 4. The molecular formula is C29H22O10. The summed E-state index contributed by atoms with van der Waals surface area (Å²) in [6.07, 6.45) is -1.15. The maximum Gasteiger partial charge on any atom is 0.342 e. The van der Waals surface area contributed by atoms with Crippen LogP contribution in [0.3, 0.4) is 0 Å². The molecule has 0 spiro atoms. The molecule has 0 amide bonds. The van der Waals surface area contributed by atoms with Crippen LogP contribution in [0.2, 0.25) is 0 Å². The van der Waals surface area contributed by atoms with Crippen molar-refractivity contribution >= 4 is 23.5 Å². The third-order valence-electron chi connectivity index (χ3n) is 7.41. The fourth-order valence-electron chi connectivity index (χ4n) is 5.98. The smallest absolute Gasteiger partial charge is 0.342 e. The summed E-state index contributed by atoms with van der Waals surface area (Å²) in [5, 5.41) is 33.5. The van der Waals surface area contributed by atoms with E-state index in [-0.39, 0.29) is 51.1 Å². The molecule has 2 unspecified atom stereocenters. The number of hydrogen-bond acceptors (Lipinski definition) is 10. The molecule has 2 atom stereocenters. The average Bonchev–Trinajstić information content (AvgIpc) is 2.86. The first kappa shape index (κ1) is 24.5. The van der Waals surface area contributed by atoms with Gasteiger partial charge in [0.15, 0.2) is 5.78 Å². The van der Waals surface area contributed by atoms with Crippen LogP contribution in [0.1, 0.15) is 78.8 Å². The van der Waals surface area contributed by atoms with E-state index >= 15 is 0 Å². The van der Waals surface area contributed by atoms with Crippen molar-refractivity contribution in [2.24, 2.45) is 0 Å². The van der Waals surface area contributed by atoms with Crippen LogP contribution in [0, 0.1) is 0 Å². The van der Waals surface area contributed by atoms with Crippen LogP contribution in [0.25, 0.3) is 11.1 Å². The number of carbonyl (C=O) groups is 4. The molecule has 0 saturated heterocycles. The highest BCUT2D eigenvalue weighted by atomic mass is 16.5. The SMILES string of the molecule is COc1c2c(c(O)c3c1C(OC(C)=O)Cc1cc4c(c(O)c1-3)C(=O)OC(C)C4)C(=O)c1cccc(O)c1C2=O. The maximum atomic E-state index is 13.7. The number of cyclic esters (lactones) is 1. The molecule has 198 valence electrons. The Morgan fingerprint density at radius 1 is 0.897 bits per heavy atom. The van der Waals surface area contributed by atoms with Crippen LogP contribution in [0.5, 0.6) is 23.0 Å². The number of rotatable bonds is 2. The van der Waals surface area contributed by atoms with Gasteiger partial charge in [0.05, 0.1) is 23.8 Å². The zero-order chi connectivity index (χ0) is 27.9. The zero-order valence-electron chi connectivity index (χ0n) is 21.1. The van der Waals surface area contributed by atoms with Crippen LogP contribution >= 0.6 is 0 Å². The lowest BCUT2D eigenvalue weighted by Gasteiger charge is -2.34. The molecule has 3 N–H and O–H groups in total. The lowest BCUT2D eigenvalue weighted by molar-refractivity contribution is -0.146. The van der Waals surface area contributed by atoms with E-state index < -0.39 is 58.5 Å². The average molecular weight is 530 g/mol. The molecule has 3 aromatic carbocycles. The van der Waals surface area contributed by atoms with Gasteiger partial charge in [-0.1, -0.05) is 18.2 Å². The highest BCUT2D eigenvalue weighted by molar-refractivity contribution is 6.32. The minimum absolute atomic E-state index is 0.0186. The van der Waals surface area contributed by atoms with E-state index in [4.69, 9.17) is 14.2 Å². The first-order chi connectivity index (χ1) is 18.5. The second-order valence-electron chi connectivity index (χ2n) is 9.79. The quantitative estimate of drug-likeness (QED) is 0.328. The van der Waals surface area contributed by atoms with Crippen LogP contribution in [0.4, 0.5) is 0 Å². The standard InChI is InChI=1S/C29H22O10/c1-10-7-12-8-13-9-16(39-11(2)30)20-21(17(13)25(33)18(12)29(36)38-10)27(35)22-23(28(20)37-3)26(34)19-14(24(22)32)5-4-6-15(19)31/h4-6,8,10,16,31,33,35H,7,9H2,1-3H3. The molecule has 39 heavy (non-hydrogen) atoms. The highest BCUT2D eigenvalue weighted by Crippen LogP contribution is 2.57. The minimum atomic E-state index is -1.07. The molecule has 3 aliphatic rings. The van der Waals surface area contributed by atoms with Gasteiger partial charge in [-0.15, -0.1) is 0 Å². The molecule has 10 nitrogen and oxygen atoms in total. The van der Waals surface area contributed by atoms with Gasteiger partial charge in [-0.2, -0.15) is 0 Å². The highest BCUT2D eigenvalue weighted by Gasteiger charge is 2.45. The Balaban J connectivity index is 1.74. The fraction of sp³-hybridized carbons (Fsp3) is 0.241. The Hall–Kier alpha value is -4.86. The number of ether oxygens (including phenoxy) is 3. The number of ketones is 2. The van der Waals surface area contributed by atoms with E-state index in [1.165, 1.54) is 32.2 Å². The first-order valence-corrected chi connectivity index (χ1v) is 12.2. The molecule has 0 aromatic heterocycles. The van der Waals surface area contributed by atoms with Gasteiger partial charge in [0.25, 0.3) is 0 Å². The maximum absolute atomic E-state index is 13.7.